The van der Waals surface area contributed by atoms with Gasteiger partial charge in [0, 0.05) is 17.2 Å². The number of piperidine rings is 1. The fourth-order valence-corrected chi connectivity index (χ4v) is 2.60. The quantitative estimate of drug-likeness (QED) is 0.767. The average Bonchev–Trinajstić information content (AvgIpc) is 2.40. The molecule has 5 heteroatoms. The summed E-state index contributed by atoms with van der Waals surface area (Å²) < 4.78 is 6.43. The summed E-state index contributed by atoms with van der Waals surface area (Å²) in [4.78, 5) is 6.63. The summed E-state index contributed by atoms with van der Waals surface area (Å²) >= 11 is 9.43. The monoisotopic (exact) mass is 332 g/mol. The molecule has 0 spiro atoms. The first kappa shape index (κ1) is 14.1. The number of hydrogen-bond acceptors (Lipinski definition) is 3. The molecule has 0 radical (unpaired) electrons. The summed E-state index contributed by atoms with van der Waals surface area (Å²) in [5, 5.41) is 0.551. The van der Waals surface area contributed by atoms with Crippen molar-refractivity contribution in [2.75, 3.05) is 26.2 Å². The lowest BCUT2D eigenvalue weighted by Crippen LogP contribution is -2.31. The molecule has 100 valence electrons. The zero-order valence-corrected chi connectivity index (χ0v) is 12.7. The molecule has 1 saturated heterocycles. The highest BCUT2D eigenvalue weighted by molar-refractivity contribution is 9.10. The predicted octanol–water partition coefficient (Wildman–Crippen LogP) is 3.75. The van der Waals surface area contributed by atoms with Gasteiger partial charge < -0.3 is 9.64 Å². The van der Waals surface area contributed by atoms with Gasteiger partial charge in [0.15, 0.2) is 0 Å². The Morgan fingerprint density at radius 3 is 2.89 bits per heavy atom. The minimum atomic E-state index is 0.518. The number of pyridine rings is 1. The Bertz CT molecular complexity index is 383. The van der Waals surface area contributed by atoms with Crippen LogP contribution in [0.1, 0.15) is 25.7 Å². The van der Waals surface area contributed by atoms with Crippen molar-refractivity contribution >= 4 is 27.5 Å². The van der Waals surface area contributed by atoms with E-state index in [2.05, 4.69) is 25.8 Å². The van der Waals surface area contributed by atoms with Crippen LogP contribution >= 0.6 is 27.5 Å². The molecule has 0 aromatic carbocycles. The molecule has 18 heavy (non-hydrogen) atoms. The third kappa shape index (κ3) is 4.11. The lowest BCUT2D eigenvalue weighted by molar-refractivity contribution is 0.203. The van der Waals surface area contributed by atoms with Gasteiger partial charge in [-0.2, -0.15) is 0 Å². The van der Waals surface area contributed by atoms with Crippen LogP contribution in [0.25, 0.3) is 0 Å². The number of nitrogens with zero attached hydrogens (tertiary/aromatic N) is 2. The van der Waals surface area contributed by atoms with E-state index < -0.39 is 0 Å². The predicted molar refractivity (Wildman–Crippen MR) is 77.4 cm³/mol. The number of hydrogen-bond donors (Lipinski definition) is 0. The lowest BCUT2D eigenvalue weighted by Gasteiger charge is -2.26. The van der Waals surface area contributed by atoms with Gasteiger partial charge in [-0.05, 0) is 54.3 Å². The third-order valence-electron chi connectivity index (χ3n) is 3.12. The second-order valence-corrected chi connectivity index (χ2v) is 5.75. The van der Waals surface area contributed by atoms with Crippen molar-refractivity contribution in [1.82, 2.24) is 9.88 Å². The lowest BCUT2D eigenvalue weighted by atomic mass is 10.1. The first-order chi connectivity index (χ1) is 8.77. The maximum Gasteiger partial charge on any atom is 0.233 e. The molecule has 0 amide bonds. The molecule has 2 heterocycles. The van der Waals surface area contributed by atoms with Gasteiger partial charge in [0.25, 0.3) is 0 Å². The highest BCUT2D eigenvalue weighted by Crippen LogP contribution is 2.29. The van der Waals surface area contributed by atoms with Gasteiger partial charge in [-0.25, -0.2) is 4.98 Å². The van der Waals surface area contributed by atoms with Crippen LogP contribution in [0.5, 0.6) is 5.88 Å². The summed E-state index contributed by atoms with van der Waals surface area (Å²) in [7, 11) is 0. The smallest absolute Gasteiger partial charge is 0.233 e. The molecule has 2 rings (SSSR count). The van der Waals surface area contributed by atoms with E-state index in [1.165, 1.54) is 32.4 Å². The van der Waals surface area contributed by atoms with Crippen molar-refractivity contribution in [1.29, 1.82) is 0 Å². The first-order valence-electron chi connectivity index (χ1n) is 6.42. The molecule has 3 nitrogen and oxygen atoms in total. The van der Waals surface area contributed by atoms with Gasteiger partial charge in [-0.3, -0.25) is 0 Å². The fourth-order valence-electron chi connectivity index (χ4n) is 2.14. The van der Waals surface area contributed by atoms with E-state index in [1.54, 1.807) is 6.20 Å². The van der Waals surface area contributed by atoms with Crippen molar-refractivity contribution in [3.8, 4) is 5.88 Å². The van der Waals surface area contributed by atoms with E-state index in [-0.39, 0.29) is 0 Å². The number of likely N-dealkylation sites (tertiary alicyclic amines) is 1. The highest BCUT2D eigenvalue weighted by atomic mass is 79.9. The number of halogens is 2. The summed E-state index contributed by atoms with van der Waals surface area (Å²) in [6.07, 6.45) is 6.75. The normalized spacial score (nSPS) is 16.8. The van der Waals surface area contributed by atoms with Crippen LogP contribution in [0.4, 0.5) is 0 Å². The molecule has 1 aliphatic heterocycles. The first-order valence-corrected chi connectivity index (χ1v) is 7.59. The SMILES string of the molecule is Clc1c(Br)ccnc1OCCCN1CCCCC1. The van der Waals surface area contributed by atoms with Crippen LogP contribution in [-0.4, -0.2) is 36.1 Å². The molecule has 0 N–H and O–H groups in total. The highest BCUT2D eigenvalue weighted by Gasteiger charge is 2.10. The van der Waals surface area contributed by atoms with Crippen molar-refractivity contribution in [2.24, 2.45) is 0 Å². The fraction of sp³-hybridized carbons (Fsp3) is 0.615. The van der Waals surface area contributed by atoms with E-state index >= 15 is 0 Å². The van der Waals surface area contributed by atoms with Crippen molar-refractivity contribution < 1.29 is 4.74 Å². The topological polar surface area (TPSA) is 25.4 Å². The second kappa shape index (κ2) is 7.31. The van der Waals surface area contributed by atoms with Crippen LogP contribution in [0, 0.1) is 0 Å². The Morgan fingerprint density at radius 1 is 1.33 bits per heavy atom. The summed E-state index contributed by atoms with van der Waals surface area (Å²) in [5.41, 5.74) is 0. The molecular formula is C13H18BrClN2O. The molecule has 0 saturated carbocycles. The Balaban J connectivity index is 1.70. The minimum absolute atomic E-state index is 0.518. The summed E-state index contributed by atoms with van der Waals surface area (Å²) in [5.74, 6) is 0.518. The Labute approximate surface area is 122 Å². The van der Waals surface area contributed by atoms with E-state index in [9.17, 15) is 0 Å². The Kier molecular flexibility index (Phi) is 5.73. The molecule has 1 aliphatic rings. The van der Waals surface area contributed by atoms with E-state index in [0.717, 1.165) is 17.4 Å². The number of aromatic nitrogens is 1. The standard InChI is InChI=1S/C13H18BrClN2O/c14-11-5-6-16-13(12(11)15)18-10-4-9-17-7-2-1-3-8-17/h5-6H,1-4,7-10H2. The minimum Gasteiger partial charge on any atom is -0.477 e. The van der Waals surface area contributed by atoms with Crippen molar-refractivity contribution in [2.45, 2.75) is 25.7 Å². The van der Waals surface area contributed by atoms with Crippen LogP contribution in [0.3, 0.4) is 0 Å². The molecule has 0 bridgehead atoms. The van der Waals surface area contributed by atoms with Gasteiger partial charge in [0.05, 0.1) is 6.61 Å². The number of ether oxygens (including phenoxy) is 1. The number of rotatable bonds is 5. The van der Waals surface area contributed by atoms with Crippen LogP contribution in [0.15, 0.2) is 16.7 Å². The van der Waals surface area contributed by atoms with Gasteiger partial charge in [0.1, 0.15) is 5.02 Å². The van der Waals surface area contributed by atoms with Gasteiger partial charge in [-0.1, -0.05) is 18.0 Å². The maximum absolute atomic E-state index is 6.08. The van der Waals surface area contributed by atoms with Crippen LogP contribution in [0.2, 0.25) is 5.02 Å². The Morgan fingerprint density at radius 2 is 2.11 bits per heavy atom. The molecular weight excluding hydrogens is 316 g/mol. The summed E-state index contributed by atoms with van der Waals surface area (Å²) in [6, 6.07) is 1.81. The Hall–Kier alpha value is -0.320. The summed E-state index contributed by atoms with van der Waals surface area (Å²) in [6.45, 7) is 4.23. The molecule has 0 atom stereocenters. The van der Waals surface area contributed by atoms with Crippen LogP contribution in [-0.2, 0) is 0 Å². The molecule has 1 aromatic heterocycles. The molecule has 1 aromatic rings. The van der Waals surface area contributed by atoms with E-state index in [4.69, 9.17) is 16.3 Å². The largest absolute Gasteiger partial charge is 0.477 e. The molecule has 0 aliphatic carbocycles. The van der Waals surface area contributed by atoms with Gasteiger partial charge >= 0.3 is 0 Å². The van der Waals surface area contributed by atoms with Crippen LogP contribution < -0.4 is 4.74 Å². The second-order valence-electron chi connectivity index (χ2n) is 4.52. The molecule has 0 unspecified atom stereocenters. The van der Waals surface area contributed by atoms with E-state index in [1.807, 2.05) is 6.07 Å². The van der Waals surface area contributed by atoms with E-state index in [0.29, 0.717) is 17.5 Å². The van der Waals surface area contributed by atoms with Gasteiger partial charge in [0.2, 0.25) is 5.88 Å². The third-order valence-corrected chi connectivity index (χ3v) is 4.37. The zero-order valence-electron chi connectivity index (χ0n) is 10.4. The maximum atomic E-state index is 6.08. The van der Waals surface area contributed by atoms with Crippen molar-refractivity contribution in [3.05, 3.63) is 21.8 Å². The molecule has 1 fully saturated rings. The zero-order chi connectivity index (χ0) is 12.8. The van der Waals surface area contributed by atoms with Crippen molar-refractivity contribution in [3.63, 3.8) is 0 Å². The average molecular weight is 334 g/mol. The van der Waals surface area contributed by atoms with Gasteiger partial charge in [-0.15, -0.1) is 0 Å².